The minimum atomic E-state index is -2.40. The summed E-state index contributed by atoms with van der Waals surface area (Å²) in [7, 11) is -3.80. The molecule has 0 radical (unpaired) electrons. The Morgan fingerprint density at radius 1 is 0.643 bits per heavy atom. The Morgan fingerprint density at radius 3 is 1.00 bits per heavy atom. The Kier molecular flexibility index (Phi) is 7.05. The summed E-state index contributed by atoms with van der Waals surface area (Å²) in [6.07, 6.45) is 0. The SMILES string of the molecule is ClC(Cl)(Cl)[SiH2][SiH](C(Cl)(Cl)Cl)C(Cl)(Cl)Cl. The van der Waals surface area contributed by atoms with Crippen LogP contribution >= 0.6 is 104 Å². The number of rotatable bonds is 1. The second-order valence-electron chi connectivity index (χ2n) is 2.46. The van der Waals surface area contributed by atoms with E-state index in [1.54, 1.807) is 0 Å². The van der Waals surface area contributed by atoms with E-state index in [-0.39, 0.29) is 0 Å². The van der Waals surface area contributed by atoms with Crippen LogP contribution in [0.3, 0.4) is 0 Å². The van der Waals surface area contributed by atoms with Gasteiger partial charge < -0.3 is 0 Å². The van der Waals surface area contributed by atoms with Gasteiger partial charge in [-0.05, 0) is 0 Å². The van der Waals surface area contributed by atoms with Crippen molar-refractivity contribution in [3.63, 3.8) is 0 Å². The van der Waals surface area contributed by atoms with Gasteiger partial charge in [0.2, 0.25) is 0 Å². The van der Waals surface area contributed by atoms with Crippen LogP contribution in [0.4, 0.5) is 0 Å². The van der Waals surface area contributed by atoms with Crippen LogP contribution in [0.1, 0.15) is 0 Å². The zero-order valence-electron chi connectivity index (χ0n) is 6.19. The standard InChI is InChI=1S/C3H3Cl9Si2/c4-1(5,6)13-14(2(7,8)9)3(10,11)12/h14H,13H2. The molecule has 86 valence electrons. The molecule has 0 heterocycles. The topological polar surface area (TPSA) is 0 Å². The monoisotopic (exact) mass is 410 g/mol. The van der Waals surface area contributed by atoms with E-state index in [1.807, 2.05) is 0 Å². The molecular formula is C3H3Cl9Si2. The minimum absolute atomic E-state index is 1.40. The maximum absolute atomic E-state index is 5.69. The van der Waals surface area contributed by atoms with Crippen LogP contribution < -0.4 is 0 Å². The molecule has 0 aromatic rings. The summed E-state index contributed by atoms with van der Waals surface area (Å²) < 4.78 is -4.70. The molecule has 0 nitrogen and oxygen atoms in total. The summed E-state index contributed by atoms with van der Waals surface area (Å²) in [5.74, 6) is 0. The van der Waals surface area contributed by atoms with Crippen molar-refractivity contribution in [1.29, 1.82) is 0 Å². The first-order chi connectivity index (χ1) is 5.84. The van der Waals surface area contributed by atoms with E-state index < -0.39 is 27.6 Å². The molecule has 0 amide bonds. The molecule has 0 aliphatic carbocycles. The largest absolute Gasteiger partial charge is 0.175 e. The summed E-state index contributed by atoms with van der Waals surface area (Å²) in [6.45, 7) is 0. The van der Waals surface area contributed by atoms with Crippen molar-refractivity contribution >= 4 is 122 Å². The molecule has 0 saturated carbocycles. The molecule has 0 atom stereocenters. The molecule has 0 aromatic heterocycles. The maximum atomic E-state index is 5.69. The van der Waals surface area contributed by atoms with Crippen molar-refractivity contribution in [1.82, 2.24) is 0 Å². The molecule has 0 unspecified atom stereocenters. The number of alkyl halides is 9. The van der Waals surface area contributed by atoms with E-state index in [0.29, 0.717) is 0 Å². The second kappa shape index (κ2) is 5.79. The highest BCUT2D eigenvalue weighted by molar-refractivity contribution is 7.35. The molecule has 0 aromatic carbocycles. The molecule has 0 aliphatic heterocycles. The van der Waals surface area contributed by atoms with E-state index in [0.717, 1.165) is 0 Å². The fraction of sp³-hybridized carbons (Fsp3) is 1.00. The Bertz CT molecular complexity index is 172. The molecule has 0 N–H and O–H groups in total. The van der Waals surface area contributed by atoms with Crippen molar-refractivity contribution in [3.8, 4) is 0 Å². The summed E-state index contributed by atoms with van der Waals surface area (Å²) in [4.78, 5) is 0. The second-order valence-corrected chi connectivity index (χ2v) is 21.2. The first-order valence-corrected chi connectivity index (χ1v) is 11.6. The van der Waals surface area contributed by atoms with Gasteiger partial charge in [0.05, 0.1) is 9.04 Å². The third-order valence-electron chi connectivity index (χ3n) is 1.23. The third kappa shape index (κ3) is 7.39. The van der Waals surface area contributed by atoms with Crippen molar-refractivity contribution < 1.29 is 0 Å². The molecule has 0 bridgehead atoms. The lowest BCUT2D eigenvalue weighted by Gasteiger charge is -2.30. The van der Waals surface area contributed by atoms with Crippen molar-refractivity contribution in [2.75, 3.05) is 0 Å². The third-order valence-corrected chi connectivity index (χ3v) is 23.5. The first kappa shape index (κ1) is 17.0. The lowest BCUT2D eigenvalue weighted by molar-refractivity contribution is 1.52. The van der Waals surface area contributed by atoms with Gasteiger partial charge in [0, 0.05) is 0 Å². The molecule has 14 heavy (non-hydrogen) atoms. The highest BCUT2D eigenvalue weighted by Gasteiger charge is 2.51. The quantitative estimate of drug-likeness (QED) is 0.449. The first-order valence-electron chi connectivity index (χ1n) is 3.04. The van der Waals surface area contributed by atoms with Gasteiger partial charge >= 0.3 is 0 Å². The molecule has 0 spiro atoms. The van der Waals surface area contributed by atoms with E-state index in [2.05, 4.69) is 0 Å². The normalized spacial score (nSPS) is 15.9. The van der Waals surface area contributed by atoms with E-state index in [4.69, 9.17) is 104 Å². The highest BCUT2D eigenvalue weighted by Crippen LogP contribution is 2.43. The Balaban J connectivity index is 4.78. The number of hydrogen-bond acceptors (Lipinski definition) is 0. The van der Waals surface area contributed by atoms with Crippen LogP contribution in [0, 0.1) is 0 Å². The Labute approximate surface area is 131 Å². The molecule has 0 saturated heterocycles. The average molecular weight is 414 g/mol. The lowest BCUT2D eigenvalue weighted by Crippen LogP contribution is -2.52. The van der Waals surface area contributed by atoms with Crippen LogP contribution in [-0.2, 0) is 0 Å². The fourth-order valence-electron chi connectivity index (χ4n) is 0.648. The van der Waals surface area contributed by atoms with Crippen molar-refractivity contribution in [3.05, 3.63) is 0 Å². The van der Waals surface area contributed by atoms with E-state index in [9.17, 15) is 0 Å². The molecular weight excluding hydrogens is 411 g/mol. The molecule has 0 rings (SSSR count). The van der Waals surface area contributed by atoms with Gasteiger partial charge in [0.1, 0.15) is 0 Å². The van der Waals surface area contributed by atoms with Gasteiger partial charge in [0.15, 0.2) is 18.6 Å². The highest BCUT2D eigenvalue weighted by atomic mass is 35.6. The lowest BCUT2D eigenvalue weighted by atomic mass is 11.8. The molecule has 0 aliphatic rings. The smallest absolute Gasteiger partial charge is 0.0894 e. The van der Waals surface area contributed by atoms with Gasteiger partial charge in [-0.3, -0.25) is 0 Å². The van der Waals surface area contributed by atoms with Crippen LogP contribution in [-0.4, -0.2) is 27.6 Å². The van der Waals surface area contributed by atoms with Crippen molar-refractivity contribution in [2.45, 2.75) is 10.2 Å². The zero-order chi connectivity index (χ0) is 11.8. The van der Waals surface area contributed by atoms with Gasteiger partial charge in [-0.15, -0.1) is 0 Å². The van der Waals surface area contributed by atoms with Gasteiger partial charge in [-0.1, -0.05) is 104 Å². The van der Waals surface area contributed by atoms with Gasteiger partial charge in [-0.2, -0.15) is 0 Å². The average Bonchev–Trinajstić information content (AvgIpc) is 1.75. The Morgan fingerprint density at radius 2 is 0.929 bits per heavy atom. The van der Waals surface area contributed by atoms with Crippen LogP contribution in [0.2, 0.25) is 0 Å². The minimum Gasteiger partial charge on any atom is -0.0894 e. The van der Waals surface area contributed by atoms with Crippen LogP contribution in [0.25, 0.3) is 0 Å². The molecule has 0 fully saturated rings. The number of hydrogen-bond donors (Lipinski definition) is 0. The summed E-state index contributed by atoms with van der Waals surface area (Å²) >= 11 is 51.0. The predicted molar refractivity (Wildman–Crippen MR) is 76.6 cm³/mol. The Hall–Kier alpha value is 3.04. The number of halogens is 9. The van der Waals surface area contributed by atoms with Crippen molar-refractivity contribution in [2.24, 2.45) is 0 Å². The summed E-state index contributed by atoms with van der Waals surface area (Å²) in [5.41, 5.74) is 0. The summed E-state index contributed by atoms with van der Waals surface area (Å²) in [5, 5.41) is 0. The summed E-state index contributed by atoms with van der Waals surface area (Å²) in [6, 6.07) is 0. The van der Waals surface area contributed by atoms with E-state index in [1.165, 1.54) is 0 Å². The predicted octanol–water partition coefficient (Wildman–Crippen LogP) is 4.03. The fourth-order valence-corrected chi connectivity index (χ4v) is 17.5. The van der Waals surface area contributed by atoms with E-state index >= 15 is 0 Å². The zero-order valence-corrected chi connectivity index (χ0v) is 15.6. The van der Waals surface area contributed by atoms with Crippen LogP contribution in [0.15, 0.2) is 0 Å². The van der Waals surface area contributed by atoms with Gasteiger partial charge in [0.25, 0.3) is 0 Å². The molecule has 11 heteroatoms. The van der Waals surface area contributed by atoms with Gasteiger partial charge in [-0.25, -0.2) is 0 Å². The maximum Gasteiger partial charge on any atom is 0.175 e. The van der Waals surface area contributed by atoms with Crippen LogP contribution in [0.5, 0.6) is 0 Å².